The van der Waals surface area contributed by atoms with E-state index in [-0.39, 0.29) is 24.2 Å². The zero-order chi connectivity index (χ0) is 12.8. The smallest absolute Gasteiger partial charge is 0.223 e. The van der Waals surface area contributed by atoms with Gasteiger partial charge in [-0.1, -0.05) is 29.8 Å². The van der Waals surface area contributed by atoms with E-state index in [0.717, 1.165) is 38.9 Å². The second-order valence-electron chi connectivity index (χ2n) is 5.05. The first-order valence-electron chi connectivity index (χ1n) is 6.79. The van der Waals surface area contributed by atoms with Gasteiger partial charge >= 0.3 is 0 Å². The summed E-state index contributed by atoms with van der Waals surface area (Å²) in [5.41, 5.74) is 2.57. The fraction of sp³-hybridized carbons (Fsp3) is 0.533. The maximum Gasteiger partial charge on any atom is 0.223 e. The van der Waals surface area contributed by atoms with Crippen LogP contribution in [-0.2, 0) is 11.2 Å². The van der Waals surface area contributed by atoms with Gasteiger partial charge in [0.05, 0.1) is 0 Å². The summed E-state index contributed by atoms with van der Waals surface area (Å²) in [5.74, 6) is 0.438. The van der Waals surface area contributed by atoms with E-state index in [1.807, 2.05) is 0 Å². The number of hydrogen-bond acceptors (Lipinski definition) is 2. The third kappa shape index (κ3) is 5.21. The molecular formula is C15H23ClN2O. The van der Waals surface area contributed by atoms with Gasteiger partial charge in [0.25, 0.3) is 0 Å². The molecule has 4 heteroatoms. The number of carbonyl (C=O) groups excluding carboxylic acids is 1. The molecule has 1 fully saturated rings. The van der Waals surface area contributed by atoms with Crippen molar-refractivity contribution in [2.24, 2.45) is 5.92 Å². The van der Waals surface area contributed by atoms with Gasteiger partial charge in [0.2, 0.25) is 5.91 Å². The molecule has 1 aromatic carbocycles. The van der Waals surface area contributed by atoms with Gasteiger partial charge < -0.3 is 10.6 Å². The van der Waals surface area contributed by atoms with Crippen LogP contribution in [0.15, 0.2) is 24.3 Å². The van der Waals surface area contributed by atoms with Crippen LogP contribution < -0.4 is 10.6 Å². The average molecular weight is 283 g/mol. The topological polar surface area (TPSA) is 41.1 Å². The van der Waals surface area contributed by atoms with Crippen molar-refractivity contribution in [3.63, 3.8) is 0 Å². The predicted molar refractivity (Wildman–Crippen MR) is 80.7 cm³/mol. The van der Waals surface area contributed by atoms with Crippen molar-refractivity contribution in [1.82, 2.24) is 10.6 Å². The lowest BCUT2D eigenvalue weighted by Gasteiger charge is -2.21. The number of carbonyl (C=O) groups is 1. The van der Waals surface area contributed by atoms with Crippen LogP contribution in [0, 0.1) is 12.8 Å². The fourth-order valence-corrected chi connectivity index (χ4v) is 2.43. The zero-order valence-electron chi connectivity index (χ0n) is 11.4. The fourth-order valence-electron chi connectivity index (χ4n) is 2.43. The number of benzene rings is 1. The SMILES string of the molecule is Cc1cccc(CCNC(=O)C2CCNCC2)c1.Cl. The molecule has 1 heterocycles. The summed E-state index contributed by atoms with van der Waals surface area (Å²) in [5, 5.41) is 6.33. The van der Waals surface area contributed by atoms with E-state index in [1.165, 1.54) is 11.1 Å². The van der Waals surface area contributed by atoms with Crippen LogP contribution in [0.5, 0.6) is 0 Å². The molecule has 1 amide bonds. The van der Waals surface area contributed by atoms with Crippen molar-refractivity contribution in [2.45, 2.75) is 26.2 Å². The Morgan fingerprint density at radius 3 is 2.79 bits per heavy atom. The van der Waals surface area contributed by atoms with Gasteiger partial charge in [-0.2, -0.15) is 0 Å². The molecule has 2 rings (SSSR count). The molecule has 0 saturated carbocycles. The van der Waals surface area contributed by atoms with Crippen molar-refractivity contribution < 1.29 is 4.79 Å². The summed E-state index contributed by atoms with van der Waals surface area (Å²) in [4.78, 5) is 11.9. The van der Waals surface area contributed by atoms with Crippen molar-refractivity contribution in [3.8, 4) is 0 Å². The summed E-state index contributed by atoms with van der Waals surface area (Å²) in [6, 6.07) is 8.46. The van der Waals surface area contributed by atoms with Crippen LogP contribution in [0.1, 0.15) is 24.0 Å². The molecule has 1 saturated heterocycles. The number of rotatable bonds is 4. The third-order valence-corrected chi connectivity index (χ3v) is 3.51. The molecule has 3 nitrogen and oxygen atoms in total. The average Bonchev–Trinajstić information content (AvgIpc) is 2.40. The normalized spacial score (nSPS) is 15.6. The summed E-state index contributed by atoms with van der Waals surface area (Å²) >= 11 is 0. The molecule has 0 aromatic heterocycles. The summed E-state index contributed by atoms with van der Waals surface area (Å²) in [6.45, 7) is 4.77. The third-order valence-electron chi connectivity index (χ3n) is 3.51. The summed E-state index contributed by atoms with van der Waals surface area (Å²) in [6.07, 6.45) is 2.85. The molecule has 0 unspecified atom stereocenters. The van der Waals surface area contributed by atoms with E-state index in [0.29, 0.717) is 0 Å². The van der Waals surface area contributed by atoms with Gasteiger partial charge in [0.15, 0.2) is 0 Å². The first-order chi connectivity index (χ1) is 8.75. The minimum Gasteiger partial charge on any atom is -0.356 e. The lowest BCUT2D eigenvalue weighted by molar-refractivity contribution is -0.125. The Hall–Kier alpha value is -1.06. The molecule has 1 aliphatic rings. The van der Waals surface area contributed by atoms with Gasteiger partial charge in [0, 0.05) is 12.5 Å². The highest BCUT2D eigenvalue weighted by molar-refractivity contribution is 5.85. The zero-order valence-corrected chi connectivity index (χ0v) is 12.3. The number of piperidine rings is 1. The lowest BCUT2D eigenvalue weighted by atomic mass is 9.97. The molecule has 0 bridgehead atoms. The highest BCUT2D eigenvalue weighted by atomic mass is 35.5. The van der Waals surface area contributed by atoms with Crippen LogP contribution in [0.25, 0.3) is 0 Å². The second kappa shape index (κ2) is 8.18. The first-order valence-corrected chi connectivity index (χ1v) is 6.79. The quantitative estimate of drug-likeness (QED) is 0.888. The molecule has 0 atom stereocenters. The van der Waals surface area contributed by atoms with E-state index in [2.05, 4.69) is 41.8 Å². The molecular weight excluding hydrogens is 260 g/mol. The molecule has 1 aromatic rings. The van der Waals surface area contributed by atoms with E-state index in [4.69, 9.17) is 0 Å². The standard InChI is InChI=1S/C15H22N2O.ClH/c1-12-3-2-4-13(11-12)5-10-17-15(18)14-6-8-16-9-7-14;/h2-4,11,14,16H,5-10H2,1H3,(H,17,18);1H. The van der Waals surface area contributed by atoms with Crippen molar-refractivity contribution in [1.29, 1.82) is 0 Å². The largest absolute Gasteiger partial charge is 0.356 e. The van der Waals surface area contributed by atoms with Crippen LogP contribution in [-0.4, -0.2) is 25.5 Å². The minimum atomic E-state index is 0. The highest BCUT2D eigenvalue weighted by Gasteiger charge is 2.19. The van der Waals surface area contributed by atoms with Gasteiger partial charge in [-0.15, -0.1) is 12.4 Å². The Morgan fingerprint density at radius 2 is 2.11 bits per heavy atom. The number of aryl methyl sites for hydroxylation is 1. The van der Waals surface area contributed by atoms with Gasteiger partial charge in [-0.3, -0.25) is 4.79 Å². The number of amides is 1. The molecule has 0 aliphatic carbocycles. The second-order valence-corrected chi connectivity index (χ2v) is 5.05. The first kappa shape index (κ1) is 16.0. The number of nitrogens with one attached hydrogen (secondary N) is 2. The molecule has 1 aliphatic heterocycles. The van der Waals surface area contributed by atoms with Gasteiger partial charge in [0.1, 0.15) is 0 Å². The molecule has 0 spiro atoms. The van der Waals surface area contributed by atoms with Crippen molar-refractivity contribution >= 4 is 18.3 Å². The molecule has 2 N–H and O–H groups in total. The Bertz CT molecular complexity index is 403. The van der Waals surface area contributed by atoms with Crippen molar-refractivity contribution in [3.05, 3.63) is 35.4 Å². The van der Waals surface area contributed by atoms with E-state index < -0.39 is 0 Å². The lowest BCUT2D eigenvalue weighted by Crippen LogP contribution is -2.38. The Labute approximate surface area is 121 Å². The van der Waals surface area contributed by atoms with Gasteiger partial charge in [-0.05, 0) is 44.8 Å². The maximum absolute atomic E-state index is 11.9. The molecule has 106 valence electrons. The molecule has 0 radical (unpaired) electrons. The Balaban J connectivity index is 0.00000180. The van der Waals surface area contributed by atoms with Crippen LogP contribution in [0.3, 0.4) is 0 Å². The van der Waals surface area contributed by atoms with E-state index in [9.17, 15) is 4.79 Å². The van der Waals surface area contributed by atoms with Crippen molar-refractivity contribution in [2.75, 3.05) is 19.6 Å². The van der Waals surface area contributed by atoms with E-state index >= 15 is 0 Å². The minimum absolute atomic E-state index is 0. The van der Waals surface area contributed by atoms with E-state index in [1.54, 1.807) is 0 Å². The molecule has 19 heavy (non-hydrogen) atoms. The Morgan fingerprint density at radius 1 is 1.37 bits per heavy atom. The summed E-state index contributed by atoms with van der Waals surface area (Å²) in [7, 11) is 0. The van der Waals surface area contributed by atoms with Gasteiger partial charge in [-0.25, -0.2) is 0 Å². The summed E-state index contributed by atoms with van der Waals surface area (Å²) < 4.78 is 0. The number of halogens is 1. The van der Waals surface area contributed by atoms with Crippen LogP contribution in [0.4, 0.5) is 0 Å². The number of hydrogen-bond donors (Lipinski definition) is 2. The van der Waals surface area contributed by atoms with Crippen LogP contribution in [0.2, 0.25) is 0 Å². The highest BCUT2D eigenvalue weighted by Crippen LogP contribution is 2.11. The van der Waals surface area contributed by atoms with Crippen LogP contribution >= 0.6 is 12.4 Å². The Kier molecular flexibility index (Phi) is 6.89. The maximum atomic E-state index is 11.9. The predicted octanol–water partition coefficient (Wildman–Crippen LogP) is 2.08. The monoisotopic (exact) mass is 282 g/mol.